The molecule has 2 heterocycles. The van der Waals surface area contributed by atoms with E-state index in [0.717, 1.165) is 30.2 Å². The molecule has 2 N–H and O–H groups in total. The predicted molar refractivity (Wildman–Crippen MR) is 63.3 cm³/mol. The molecule has 2 aromatic heterocycles. The van der Waals surface area contributed by atoms with Gasteiger partial charge in [0.25, 0.3) is 0 Å². The number of hydrogen-bond donors (Lipinski definition) is 2. The molecular weight excluding hydrogens is 230 g/mol. The van der Waals surface area contributed by atoms with Crippen molar-refractivity contribution in [2.24, 2.45) is 0 Å². The number of halogens is 1. The van der Waals surface area contributed by atoms with E-state index in [2.05, 4.69) is 15.3 Å². The highest BCUT2D eigenvalue weighted by atomic mass is 35.5. The first-order valence-corrected chi connectivity index (χ1v) is 6.01. The number of rotatable bonds is 5. The van der Waals surface area contributed by atoms with Gasteiger partial charge in [-0.15, -0.1) is 11.3 Å². The van der Waals surface area contributed by atoms with Gasteiger partial charge in [0.2, 0.25) is 0 Å². The third-order valence-corrected chi connectivity index (χ3v) is 3.33. The van der Waals surface area contributed by atoms with Gasteiger partial charge in [0.05, 0.1) is 11.3 Å². The number of nitrogens with zero attached hydrogens (tertiary/aromatic N) is 1. The number of aromatic amines is 1. The summed E-state index contributed by atoms with van der Waals surface area (Å²) in [5.41, 5.74) is 1.16. The second-order valence-electron chi connectivity index (χ2n) is 3.23. The van der Waals surface area contributed by atoms with Crippen LogP contribution in [0.25, 0.3) is 0 Å². The van der Waals surface area contributed by atoms with Crippen LogP contribution in [0, 0.1) is 0 Å². The van der Waals surface area contributed by atoms with Crippen molar-refractivity contribution < 1.29 is 0 Å². The average Bonchev–Trinajstić information content (AvgIpc) is 2.84. The van der Waals surface area contributed by atoms with Gasteiger partial charge >= 0.3 is 0 Å². The fourth-order valence-electron chi connectivity index (χ4n) is 1.30. The molecule has 0 radical (unpaired) electrons. The molecule has 5 heteroatoms. The van der Waals surface area contributed by atoms with Crippen LogP contribution in [0.1, 0.15) is 10.6 Å². The highest BCUT2D eigenvalue weighted by molar-refractivity contribution is 7.10. The summed E-state index contributed by atoms with van der Waals surface area (Å²) in [6.07, 6.45) is 4.52. The van der Waals surface area contributed by atoms with Gasteiger partial charge in [-0.25, -0.2) is 4.98 Å². The van der Waals surface area contributed by atoms with Crippen LogP contribution in [-0.2, 0) is 13.0 Å². The molecule has 0 saturated carbocycles. The van der Waals surface area contributed by atoms with Crippen LogP contribution in [0.3, 0.4) is 0 Å². The highest BCUT2D eigenvalue weighted by Crippen LogP contribution is 2.18. The Morgan fingerprint density at radius 1 is 1.53 bits per heavy atom. The van der Waals surface area contributed by atoms with Gasteiger partial charge in [-0.2, -0.15) is 0 Å². The van der Waals surface area contributed by atoms with Crippen molar-refractivity contribution in [2.75, 3.05) is 6.54 Å². The SMILES string of the molecule is Clc1csc(CNCCc2cnc[nH]2)c1. The maximum Gasteiger partial charge on any atom is 0.0921 e. The second kappa shape index (κ2) is 5.30. The Hall–Kier alpha value is -0.840. The molecular formula is C10H12ClN3S. The smallest absolute Gasteiger partial charge is 0.0921 e. The Labute approximate surface area is 97.5 Å². The molecule has 0 aliphatic rings. The van der Waals surface area contributed by atoms with Crippen molar-refractivity contribution in [3.8, 4) is 0 Å². The summed E-state index contributed by atoms with van der Waals surface area (Å²) in [6, 6.07) is 2.00. The van der Waals surface area contributed by atoms with E-state index in [1.807, 2.05) is 17.6 Å². The van der Waals surface area contributed by atoms with Crippen LogP contribution >= 0.6 is 22.9 Å². The molecule has 2 aromatic rings. The van der Waals surface area contributed by atoms with Crippen LogP contribution < -0.4 is 5.32 Å². The summed E-state index contributed by atoms with van der Waals surface area (Å²) < 4.78 is 0. The molecule has 0 amide bonds. The first-order chi connectivity index (χ1) is 7.34. The summed E-state index contributed by atoms with van der Waals surface area (Å²) in [4.78, 5) is 8.30. The molecule has 0 aliphatic carbocycles. The van der Waals surface area contributed by atoms with E-state index in [-0.39, 0.29) is 0 Å². The first kappa shape index (κ1) is 10.7. The Morgan fingerprint density at radius 2 is 2.47 bits per heavy atom. The standard InChI is InChI=1S/C10H12ClN3S/c11-8-3-10(15-6-8)5-12-2-1-9-4-13-7-14-9/h3-4,6-7,12H,1-2,5H2,(H,13,14). The zero-order chi connectivity index (χ0) is 10.5. The quantitative estimate of drug-likeness (QED) is 0.790. The molecule has 2 rings (SSSR count). The van der Waals surface area contributed by atoms with Crippen LogP contribution in [0.5, 0.6) is 0 Å². The van der Waals surface area contributed by atoms with Gasteiger partial charge in [-0.1, -0.05) is 11.6 Å². The molecule has 80 valence electrons. The number of nitrogens with one attached hydrogen (secondary N) is 2. The van der Waals surface area contributed by atoms with Crippen LogP contribution in [-0.4, -0.2) is 16.5 Å². The van der Waals surface area contributed by atoms with Crippen LogP contribution in [0.4, 0.5) is 0 Å². The summed E-state index contributed by atoms with van der Waals surface area (Å²) in [5, 5.41) is 6.13. The Morgan fingerprint density at radius 3 is 3.13 bits per heavy atom. The lowest BCUT2D eigenvalue weighted by Crippen LogP contribution is -2.16. The summed E-state index contributed by atoms with van der Waals surface area (Å²) >= 11 is 7.51. The van der Waals surface area contributed by atoms with E-state index in [9.17, 15) is 0 Å². The lowest BCUT2D eigenvalue weighted by Gasteiger charge is -2.00. The molecule has 0 bridgehead atoms. The number of thiophene rings is 1. The molecule has 0 aliphatic heterocycles. The van der Waals surface area contributed by atoms with E-state index in [1.165, 1.54) is 4.88 Å². The van der Waals surface area contributed by atoms with E-state index in [4.69, 9.17) is 11.6 Å². The number of imidazole rings is 1. The number of H-pyrrole nitrogens is 1. The van der Waals surface area contributed by atoms with Crippen molar-refractivity contribution >= 4 is 22.9 Å². The largest absolute Gasteiger partial charge is 0.348 e. The van der Waals surface area contributed by atoms with Crippen molar-refractivity contribution in [3.05, 3.63) is 39.6 Å². The van der Waals surface area contributed by atoms with E-state index < -0.39 is 0 Å². The minimum absolute atomic E-state index is 0.824. The third-order valence-electron chi connectivity index (χ3n) is 2.05. The number of hydrogen-bond acceptors (Lipinski definition) is 3. The zero-order valence-electron chi connectivity index (χ0n) is 8.16. The zero-order valence-corrected chi connectivity index (χ0v) is 9.74. The maximum absolute atomic E-state index is 5.82. The Kier molecular flexibility index (Phi) is 3.77. The van der Waals surface area contributed by atoms with Crippen molar-refractivity contribution in [2.45, 2.75) is 13.0 Å². The molecule has 0 unspecified atom stereocenters. The van der Waals surface area contributed by atoms with Crippen molar-refractivity contribution in [1.29, 1.82) is 0 Å². The van der Waals surface area contributed by atoms with Crippen LogP contribution in [0.2, 0.25) is 5.02 Å². The van der Waals surface area contributed by atoms with E-state index >= 15 is 0 Å². The van der Waals surface area contributed by atoms with Gasteiger partial charge in [0.15, 0.2) is 0 Å². The molecule has 15 heavy (non-hydrogen) atoms. The summed E-state index contributed by atoms with van der Waals surface area (Å²) in [5.74, 6) is 0. The number of aromatic nitrogens is 2. The first-order valence-electron chi connectivity index (χ1n) is 4.75. The predicted octanol–water partition coefficient (Wildman–Crippen LogP) is 2.46. The maximum atomic E-state index is 5.82. The highest BCUT2D eigenvalue weighted by Gasteiger charge is 1.97. The fourth-order valence-corrected chi connectivity index (χ4v) is 2.34. The lowest BCUT2D eigenvalue weighted by molar-refractivity contribution is 0.687. The lowest BCUT2D eigenvalue weighted by atomic mass is 10.3. The van der Waals surface area contributed by atoms with Gasteiger partial charge in [-0.05, 0) is 6.07 Å². The fraction of sp³-hybridized carbons (Fsp3) is 0.300. The van der Waals surface area contributed by atoms with Gasteiger partial charge < -0.3 is 10.3 Å². The van der Waals surface area contributed by atoms with Gasteiger partial charge in [0, 0.05) is 41.7 Å². The summed E-state index contributed by atoms with van der Waals surface area (Å²) in [6.45, 7) is 1.82. The topological polar surface area (TPSA) is 40.7 Å². The third kappa shape index (κ3) is 3.34. The minimum Gasteiger partial charge on any atom is -0.348 e. The molecule has 0 spiro atoms. The Bertz CT molecular complexity index is 396. The second-order valence-corrected chi connectivity index (χ2v) is 4.67. The molecule has 0 fully saturated rings. The van der Waals surface area contributed by atoms with Crippen molar-refractivity contribution in [3.63, 3.8) is 0 Å². The van der Waals surface area contributed by atoms with Crippen LogP contribution in [0.15, 0.2) is 24.0 Å². The van der Waals surface area contributed by atoms with E-state index in [1.54, 1.807) is 17.7 Å². The Balaban J connectivity index is 1.67. The average molecular weight is 242 g/mol. The molecule has 0 saturated heterocycles. The minimum atomic E-state index is 0.824. The monoisotopic (exact) mass is 241 g/mol. The molecule has 0 aromatic carbocycles. The van der Waals surface area contributed by atoms with Gasteiger partial charge in [0.1, 0.15) is 0 Å². The van der Waals surface area contributed by atoms with Crippen molar-refractivity contribution in [1.82, 2.24) is 15.3 Å². The normalized spacial score (nSPS) is 10.7. The molecule has 3 nitrogen and oxygen atoms in total. The van der Waals surface area contributed by atoms with E-state index in [0.29, 0.717) is 0 Å². The summed E-state index contributed by atoms with van der Waals surface area (Å²) in [7, 11) is 0. The van der Waals surface area contributed by atoms with Gasteiger partial charge in [-0.3, -0.25) is 0 Å². The molecule has 0 atom stereocenters.